The van der Waals surface area contributed by atoms with Gasteiger partial charge in [-0.25, -0.2) is 4.98 Å². The molecule has 1 N–H and O–H groups in total. The van der Waals surface area contributed by atoms with Crippen LogP contribution in [0.2, 0.25) is 0 Å². The van der Waals surface area contributed by atoms with E-state index in [0.29, 0.717) is 12.1 Å². The molecule has 0 atom stereocenters. The normalized spacial score (nSPS) is 14.5. The number of amides is 1. The van der Waals surface area contributed by atoms with Gasteiger partial charge in [-0.3, -0.25) is 9.78 Å². The van der Waals surface area contributed by atoms with E-state index in [-0.39, 0.29) is 5.91 Å². The second-order valence-electron chi connectivity index (χ2n) is 5.89. The van der Waals surface area contributed by atoms with Crippen molar-refractivity contribution < 1.29 is 9.53 Å². The van der Waals surface area contributed by atoms with Gasteiger partial charge in [0, 0.05) is 31.5 Å². The highest BCUT2D eigenvalue weighted by molar-refractivity contribution is 5.95. The Labute approximate surface area is 141 Å². The lowest BCUT2D eigenvalue weighted by Crippen LogP contribution is -2.36. The molecule has 3 heterocycles. The number of aromatic nitrogens is 2. The van der Waals surface area contributed by atoms with Crippen LogP contribution < -0.4 is 10.2 Å². The maximum atomic E-state index is 12.3. The van der Waals surface area contributed by atoms with Gasteiger partial charge in [0.15, 0.2) is 0 Å². The maximum absolute atomic E-state index is 12.3. The van der Waals surface area contributed by atoms with E-state index in [2.05, 4.69) is 20.2 Å². The zero-order valence-electron chi connectivity index (χ0n) is 14.1. The molecule has 6 heteroatoms. The van der Waals surface area contributed by atoms with E-state index < -0.39 is 0 Å². The third-order valence-electron chi connectivity index (χ3n) is 4.07. The van der Waals surface area contributed by atoms with Crippen molar-refractivity contribution in [3.8, 4) is 0 Å². The molecule has 0 radical (unpaired) electrons. The third-order valence-corrected chi connectivity index (χ3v) is 4.07. The van der Waals surface area contributed by atoms with Crippen LogP contribution in [0.1, 0.15) is 27.3 Å². The van der Waals surface area contributed by atoms with Crippen LogP contribution >= 0.6 is 0 Å². The summed E-state index contributed by atoms with van der Waals surface area (Å²) in [7, 11) is 0. The first kappa shape index (κ1) is 16.4. The molecule has 2 aromatic heterocycles. The molecule has 6 nitrogen and oxygen atoms in total. The minimum atomic E-state index is -0.107. The summed E-state index contributed by atoms with van der Waals surface area (Å²) in [4.78, 5) is 23.3. The van der Waals surface area contributed by atoms with E-state index in [4.69, 9.17) is 4.74 Å². The summed E-state index contributed by atoms with van der Waals surface area (Å²) in [5.74, 6) is 0.822. The standard InChI is InChI=1S/C18H22N4O2/c1-13-3-4-16(14(2)21-13)18(23)20-12-15-5-6-19-17(11-15)22-7-9-24-10-8-22/h3-6,11H,7-10,12H2,1-2H3,(H,20,23). The quantitative estimate of drug-likeness (QED) is 0.929. The fourth-order valence-electron chi connectivity index (χ4n) is 2.74. The number of rotatable bonds is 4. The Balaban J connectivity index is 1.64. The van der Waals surface area contributed by atoms with Gasteiger partial charge in [0.05, 0.1) is 24.5 Å². The summed E-state index contributed by atoms with van der Waals surface area (Å²) < 4.78 is 5.37. The second kappa shape index (κ2) is 7.40. The summed E-state index contributed by atoms with van der Waals surface area (Å²) in [6, 6.07) is 7.61. The monoisotopic (exact) mass is 326 g/mol. The number of anilines is 1. The largest absolute Gasteiger partial charge is 0.378 e. The van der Waals surface area contributed by atoms with Crippen LogP contribution in [0.3, 0.4) is 0 Å². The van der Waals surface area contributed by atoms with Gasteiger partial charge in [-0.15, -0.1) is 0 Å². The van der Waals surface area contributed by atoms with Crippen molar-refractivity contribution in [2.24, 2.45) is 0 Å². The molecule has 1 amide bonds. The summed E-state index contributed by atoms with van der Waals surface area (Å²) in [5, 5.41) is 2.96. The Kier molecular flexibility index (Phi) is 5.05. The number of hydrogen-bond acceptors (Lipinski definition) is 5. The SMILES string of the molecule is Cc1ccc(C(=O)NCc2ccnc(N3CCOCC3)c2)c(C)n1. The number of morpholine rings is 1. The average molecular weight is 326 g/mol. The van der Waals surface area contributed by atoms with Crippen LogP contribution in [0.4, 0.5) is 5.82 Å². The Hall–Kier alpha value is -2.47. The minimum absolute atomic E-state index is 0.107. The lowest BCUT2D eigenvalue weighted by atomic mass is 10.1. The van der Waals surface area contributed by atoms with Gasteiger partial charge in [0.25, 0.3) is 5.91 Å². The fourth-order valence-corrected chi connectivity index (χ4v) is 2.74. The molecule has 0 saturated carbocycles. The first-order chi connectivity index (χ1) is 11.6. The van der Waals surface area contributed by atoms with Gasteiger partial charge in [-0.2, -0.15) is 0 Å². The Bertz CT molecular complexity index is 727. The van der Waals surface area contributed by atoms with E-state index >= 15 is 0 Å². The highest BCUT2D eigenvalue weighted by Crippen LogP contribution is 2.14. The van der Waals surface area contributed by atoms with Gasteiger partial charge in [-0.05, 0) is 43.7 Å². The van der Waals surface area contributed by atoms with Crippen LogP contribution in [0, 0.1) is 13.8 Å². The summed E-state index contributed by atoms with van der Waals surface area (Å²) in [6.45, 7) is 7.37. The van der Waals surface area contributed by atoms with Gasteiger partial charge >= 0.3 is 0 Å². The zero-order valence-corrected chi connectivity index (χ0v) is 14.1. The summed E-state index contributed by atoms with van der Waals surface area (Å²) >= 11 is 0. The molecule has 0 spiro atoms. The molecule has 1 aliphatic rings. The number of aryl methyl sites for hydroxylation is 2. The number of nitrogens with zero attached hydrogens (tertiary/aromatic N) is 3. The number of carbonyl (C=O) groups is 1. The summed E-state index contributed by atoms with van der Waals surface area (Å²) in [6.07, 6.45) is 1.78. The average Bonchev–Trinajstić information content (AvgIpc) is 2.61. The van der Waals surface area contributed by atoms with Crippen molar-refractivity contribution >= 4 is 11.7 Å². The fraction of sp³-hybridized carbons (Fsp3) is 0.389. The van der Waals surface area contributed by atoms with Gasteiger partial charge < -0.3 is 15.0 Å². The number of pyridine rings is 2. The smallest absolute Gasteiger partial charge is 0.253 e. The molecular weight excluding hydrogens is 304 g/mol. The van der Waals surface area contributed by atoms with E-state index in [1.807, 2.05) is 38.1 Å². The predicted octanol–water partition coefficient (Wildman–Crippen LogP) is 1.86. The first-order valence-electron chi connectivity index (χ1n) is 8.13. The number of hydrogen-bond donors (Lipinski definition) is 1. The van der Waals surface area contributed by atoms with Crippen LogP contribution in [0.15, 0.2) is 30.5 Å². The van der Waals surface area contributed by atoms with E-state index in [1.165, 1.54) is 0 Å². The molecule has 1 fully saturated rings. The van der Waals surface area contributed by atoms with E-state index in [0.717, 1.165) is 49.1 Å². The first-order valence-corrected chi connectivity index (χ1v) is 8.13. The van der Waals surface area contributed by atoms with Crippen LogP contribution in [-0.2, 0) is 11.3 Å². The molecule has 3 rings (SSSR count). The van der Waals surface area contributed by atoms with Gasteiger partial charge in [0.1, 0.15) is 5.82 Å². The maximum Gasteiger partial charge on any atom is 0.253 e. The van der Waals surface area contributed by atoms with Crippen molar-refractivity contribution in [1.82, 2.24) is 15.3 Å². The molecule has 0 aromatic carbocycles. The highest BCUT2D eigenvalue weighted by atomic mass is 16.5. The molecule has 1 aliphatic heterocycles. The Morgan fingerprint density at radius 2 is 2.04 bits per heavy atom. The van der Waals surface area contributed by atoms with Crippen molar-refractivity contribution in [3.05, 3.63) is 53.0 Å². The number of ether oxygens (including phenoxy) is 1. The summed E-state index contributed by atoms with van der Waals surface area (Å²) in [5.41, 5.74) is 3.30. The second-order valence-corrected chi connectivity index (χ2v) is 5.89. The third kappa shape index (κ3) is 3.89. The molecule has 126 valence electrons. The number of carbonyl (C=O) groups excluding carboxylic acids is 1. The Morgan fingerprint density at radius 1 is 1.25 bits per heavy atom. The van der Waals surface area contributed by atoms with Crippen LogP contribution in [0.25, 0.3) is 0 Å². The van der Waals surface area contributed by atoms with Gasteiger partial charge in [-0.1, -0.05) is 0 Å². The molecule has 2 aromatic rings. The molecule has 1 saturated heterocycles. The van der Waals surface area contributed by atoms with Crippen LogP contribution in [0.5, 0.6) is 0 Å². The molecule has 0 unspecified atom stereocenters. The van der Waals surface area contributed by atoms with E-state index in [9.17, 15) is 4.79 Å². The predicted molar refractivity (Wildman–Crippen MR) is 92.2 cm³/mol. The zero-order chi connectivity index (χ0) is 16.9. The van der Waals surface area contributed by atoms with Gasteiger partial charge in [0.2, 0.25) is 0 Å². The van der Waals surface area contributed by atoms with Crippen molar-refractivity contribution in [3.63, 3.8) is 0 Å². The highest BCUT2D eigenvalue weighted by Gasteiger charge is 2.13. The topological polar surface area (TPSA) is 67.4 Å². The molecule has 24 heavy (non-hydrogen) atoms. The Morgan fingerprint density at radius 3 is 2.79 bits per heavy atom. The molecular formula is C18H22N4O2. The number of nitrogens with one attached hydrogen (secondary N) is 1. The van der Waals surface area contributed by atoms with E-state index in [1.54, 1.807) is 6.20 Å². The molecule has 0 aliphatic carbocycles. The minimum Gasteiger partial charge on any atom is -0.378 e. The van der Waals surface area contributed by atoms with Crippen molar-refractivity contribution in [2.75, 3.05) is 31.2 Å². The van der Waals surface area contributed by atoms with Crippen molar-refractivity contribution in [1.29, 1.82) is 0 Å². The van der Waals surface area contributed by atoms with Crippen molar-refractivity contribution in [2.45, 2.75) is 20.4 Å². The lowest BCUT2D eigenvalue weighted by Gasteiger charge is -2.28. The van der Waals surface area contributed by atoms with Crippen LogP contribution in [-0.4, -0.2) is 42.2 Å². The molecule has 0 bridgehead atoms. The lowest BCUT2D eigenvalue weighted by molar-refractivity contribution is 0.0950.